The quantitative estimate of drug-likeness (QED) is 0.673. The average Bonchev–Trinajstić information content (AvgIpc) is 2.67. The Morgan fingerprint density at radius 1 is 1.11 bits per heavy atom. The van der Waals surface area contributed by atoms with E-state index >= 15 is 0 Å². The van der Waals surface area contributed by atoms with Crippen molar-refractivity contribution in [3.05, 3.63) is 98.7 Å². The van der Waals surface area contributed by atoms with Gasteiger partial charge < -0.3 is 14.9 Å². The van der Waals surface area contributed by atoms with Gasteiger partial charge in [0.25, 0.3) is 0 Å². The van der Waals surface area contributed by atoms with Gasteiger partial charge in [-0.2, -0.15) is 5.26 Å². The Hall–Kier alpha value is -3.49. The van der Waals surface area contributed by atoms with E-state index in [0.29, 0.717) is 10.6 Å². The number of rotatable bonds is 2. The van der Waals surface area contributed by atoms with Gasteiger partial charge in [0.1, 0.15) is 28.5 Å². The summed E-state index contributed by atoms with van der Waals surface area (Å²) in [6, 6.07) is 18.0. The lowest BCUT2D eigenvalue weighted by atomic mass is 9.89. The van der Waals surface area contributed by atoms with E-state index in [1.807, 2.05) is 12.1 Å². The Morgan fingerprint density at radius 2 is 1.85 bits per heavy atom. The lowest BCUT2D eigenvalue weighted by Gasteiger charge is -2.22. The minimum Gasteiger partial charge on any atom is -0.440 e. The first kappa shape index (κ1) is 17.0. The highest BCUT2D eigenvalue weighted by atomic mass is 35.5. The van der Waals surface area contributed by atoms with Crippen molar-refractivity contribution in [2.45, 2.75) is 5.92 Å². The van der Waals surface area contributed by atoms with Crippen LogP contribution in [0.25, 0.3) is 16.7 Å². The third-order valence-corrected chi connectivity index (χ3v) is 4.62. The molecule has 1 aliphatic rings. The van der Waals surface area contributed by atoms with Gasteiger partial charge in [0.2, 0.25) is 5.88 Å². The molecule has 1 aliphatic heterocycles. The number of halogens is 1. The first-order valence-corrected chi connectivity index (χ1v) is 8.53. The monoisotopic (exact) mass is 376 g/mol. The molecule has 1 unspecified atom stereocenters. The summed E-state index contributed by atoms with van der Waals surface area (Å²) in [7, 11) is 0. The second-order valence-electron chi connectivity index (χ2n) is 6.04. The zero-order valence-electron chi connectivity index (χ0n) is 14.0. The van der Waals surface area contributed by atoms with Crippen LogP contribution in [-0.2, 0) is 4.74 Å². The van der Waals surface area contributed by atoms with E-state index in [2.05, 4.69) is 6.07 Å². The van der Waals surface area contributed by atoms with Crippen LogP contribution in [0.2, 0.25) is 5.02 Å². The average molecular weight is 377 g/mol. The van der Waals surface area contributed by atoms with Gasteiger partial charge >= 0.3 is 5.63 Å². The summed E-state index contributed by atoms with van der Waals surface area (Å²) in [5, 5.41) is 10.8. The van der Waals surface area contributed by atoms with E-state index in [4.69, 9.17) is 26.5 Å². The number of allylic oxidation sites excluding steroid dienone is 2. The maximum atomic E-state index is 12.5. The molecule has 5 nitrogen and oxygen atoms in total. The van der Waals surface area contributed by atoms with Crippen LogP contribution in [-0.4, -0.2) is 0 Å². The van der Waals surface area contributed by atoms with E-state index in [1.54, 1.807) is 48.5 Å². The van der Waals surface area contributed by atoms with Crippen LogP contribution in [0.15, 0.2) is 81.3 Å². The fourth-order valence-electron chi connectivity index (χ4n) is 3.03. The van der Waals surface area contributed by atoms with Gasteiger partial charge in [0.05, 0.1) is 0 Å². The summed E-state index contributed by atoms with van der Waals surface area (Å²) in [5.74, 6) is -0.240. The van der Waals surface area contributed by atoms with Crippen molar-refractivity contribution in [2.24, 2.45) is 5.73 Å². The number of nitrogens with two attached hydrogens (primary N) is 1. The predicted molar refractivity (Wildman–Crippen MR) is 103 cm³/mol. The Kier molecular flexibility index (Phi) is 4.19. The number of nitriles is 1. The molecule has 0 aliphatic carbocycles. The second-order valence-corrected chi connectivity index (χ2v) is 6.47. The van der Waals surface area contributed by atoms with Crippen molar-refractivity contribution in [2.75, 3.05) is 0 Å². The Bertz CT molecular complexity index is 1200. The predicted octanol–water partition coefficient (Wildman–Crippen LogP) is 4.30. The molecule has 4 rings (SSSR count). The number of hydrogen-bond acceptors (Lipinski definition) is 5. The molecule has 1 atom stereocenters. The van der Waals surface area contributed by atoms with E-state index in [1.165, 1.54) is 0 Å². The lowest BCUT2D eigenvalue weighted by Crippen LogP contribution is -2.18. The normalized spacial score (nSPS) is 16.6. The first-order chi connectivity index (χ1) is 13.1. The van der Waals surface area contributed by atoms with E-state index in [0.717, 1.165) is 10.9 Å². The van der Waals surface area contributed by atoms with Crippen molar-refractivity contribution in [3.8, 4) is 6.07 Å². The highest BCUT2D eigenvalue weighted by Crippen LogP contribution is 2.36. The molecule has 6 heteroatoms. The van der Waals surface area contributed by atoms with Crippen LogP contribution in [0, 0.1) is 11.3 Å². The zero-order chi connectivity index (χ0) is 19.0. The molecule has 0 saturated heterocycles. The maximum Gasteiger partial charge on any atom is 0.347 e. The molecule has 0 spiro atoms. The number of fused-ring (bicyclic) bond motifs is 1. The summed E-state index contributed by atoms with van der Waals surface area (Å²) in [5.41, 5.74) is 7.24. The zero-order valence-corrected chi connectivity index (χ0v) is 14.7. The number of benzene rings is 2. The van der Waals surface area contributed by atoms with Crippen LogP contribution in [0.5, 0.6) is 0 Å². The molecule has 132 valence electrons. The topological polar surface area (TPSA) is 89.2 Å². The van der Waals surface area contributed by atoms with Gasteiger partial charge in [-0.25, -0.2) is 4.79 Å². The van der Waals surface area contributed by atoms with Crippen molar-refractivity contribution < 1.29 is 9.15 Å². The molecule has 1 aromatic heterocycles. The van der Waals surface area contributed by atoms with Crippen LogP contribution in [0.3, 0.4) is 0 Å². The fourth-order valence-corrected chi connectivity index (χ4v) is 3.16. The molecule has 0 saturated carbocycles. The fraction of sp³-hybridized carbons (Fsp3) is 0.0476. The maximum absolute atomic E-state index is 12.5. The van der Waals surface area contributed by atoms with Crippen molar-refractivity contribution in [3.63, 3.8) is 0 Å². The molecule has 2 heterocycles. The first-order valence-electron chi connectivity index (χ1n) is 8.15. The summed E-state index contributed by atoms with van der Waals surface area (Å²) in [6.07, 6.45) is 1.69. The molecule has 0 radical (unpaired) electrons. The van der Waals surface area contributed by atoms with E-state index in [9.17, 15) is 10.1 Å². The van der Waals surface area contributed by atoms with Gasteiger partial charge in [-0.3, -0.25) is 0 Å². The third-order valence-electron chi connectivity index (χ3n) is 4.37. The molecular weight excluding hydrogens is 364 g/mol. The molecule has 27 heavy (non-hydrogen) atoms. The summed E-state index contributed by atoms with van der Waals surface area (Å²) in [6.45, 7) is 0. The minimum atomic E-state index is -0.539. The Balaban J connectivity index is 1.86. The minimum absolute atomic E-state index is 0.0393. The molecule has 0 bridgehead atoms. The molecule has 2 aromatic carbocycles. The Labute approximate surface area is 159 Å². The van der Waals surface area contributed by atoms with Crippen LogP contribution in [0.4, 0.5) is 0 Å². The molecule has 2 N–H and O–H groups in total. The number of nitrogens with zero attached hydrogens (tertiary/aromatic N) is 1. The van der Waals surface area contributed by atoms with Gasteiger partial charge in [-0.15, -0.1) is 0 Å². The molecule has 0 amide bonds. The summed E-state index contributed by atoms with van der Waals surface area (Å²) < 4.78 is 11.0. The smallest absolute Gasteiger partial charge is 0.347 e. The van der Waals surface area contributed by atoms with Gasteiger partial charge in [-0.1, -0.05) is 41.9 Å². The lowest BCUT2D eigenvalue weighted by molar-refractivity contribution is 0.358. The van der Waals surface area contributed by atoms with Crippen molar-refractivity contribution >= 4 is 28.3 Å². The SMILES string of the molecule is N#CC1=C(N)OC(c2cc3ccccc3oc2=O)=CC1c1ccc(Cl)cc1. The van der Waals surface area contributed by atoms with Crippen molar-refractivity contribution in [1.29, 1.82) is 5.26 Å². The third kappa shape index (κ3) is 3.07. The van der Waals surface area contributed by atoms with Crippen LogP contribution in [0.1, 0.15) is 17.0 Å². The van der Waals surface area contributed by atoms with Crippen LogP contribution >= 0.6 is 11.6 Å². The van der Waals surface area contributed by atoms with E-state index in [-0.39, 0.29) is 22.8 Å². The summed E-state index contributed by atoms with van der Waals surface area (Å²) >= 11 is 5.95. The largest absolute Gasteiger partial charge is 0.440 e. The highest BCUT2D eigenvalue weighted by Gasteiger charge is 2.27. The molecular formula is C21H13ClN2O3. The summed E-state index contributed by atoms with van der Waals surface area (Å²) in [4.78, 5) is 12.5. The van der Waals surface area contributed by atoms with Gasteiger partial charge in [0, 0.05) is 16.3 Å². The van der Waals surface area contributed by atoms with Gasteiger partial charge in [-0.05, 0) is 35.9 Å². The number of hydrogen-bond donors (Lipinski definition) is 1. The highest BCUT2D eigenvalue weighted by molar-refractivity contribution is 6.30. The number of ether oxygens (including phenoxy) is 1. The van der Waals surface area contributed by atoms with E-state index < -0.39 is 11.5 Å². The van der Waals surface area contributed by atoms with Crippen molar-refractivity contribution in [1.82, 2.24) is 0 Å². The second kappa shape index (κ2) is 6.67. The number of para-hydroxylation sites is 1. The standard InChI is InChI=1S/C21H13ClN2O3/c22-14-7-5-12(6-8-14)15-10-19(26-20(24)17(15)11-23)16-9-13-3-1-2-4-18(13)27-21(16)25/h1-10,15H,24H2. The van der Waals surface area contributed by atoms with Gasteiger partial charge in [0.15, 0.2) is 0 Å². The Morgan fingerprint density at radius 3 is 2.59 bits per heavy atom. The molecule has 3 aromatic rings. The van der Waals surface area contributed by atoms with Crippen LogP contribution < -0.4 is 11.4 Å². The molecule has 0 fully saturated rings.